The molecule has 0 N–H and O–H groups in total. The van der Waals surface area contributed by atoms with Crippen molar-refractivity contribution in [3.63, 3.8) is 0 Å². The molecule has 8 heteroatoms. The fraction of sp³-hybridized carbons (Fsp3) is 1.00. The quantitative estimate of drug-likeness (QED) is 0.372. The third-order valence-corrected chi connectivity index (χ3v) is 6.66. The molecular weight excluding hydrogens is 320 g/mol. The minimum absolute atomic E-state index is 0.0450. The summed E-state index contributed by atoms with van der Waals surface area (Å²) in [5.41, 5.74) is 0. The van der Waals surface area contributed by atoms with Crippen LogP contribution in [0.25, 0.3) is 0 Å². The van der Waals surface area contributed by atoms with Gasteiger partial charge in [0.05, 0.1) is 0 Å². The Morgan fingerprint density at radius 1 is 1.09 bits per heavy atom. The molecule has 1 unspecified atom stereocenters. The highest BCUT2D eigenvalue weighted by molar-refractivity contribution is 6.60. The maximum atomic E-state index is 5.83. The van der Waals surface area contributed by atoms with Gasteiger partial charge in [-0.15, -0.1) is 0 Å². The van der Waals surface area contributed by atoms with Gasteiger partial charge in [0.15, 0.2) is 12.6 Å². The number of hydrogen-bond donors (Lipinski definition) is 0. The van der Waals surface area contributed by atoms with Crippen LogP contribution in [0.15, 0.2) is 0 Å². The predicted octanol–water partition coefficient (Wildman–Crippen LogP) is 3.22. The maximum absolute atomic E-state index is 5.83. The average molecular weight is 353 g/mol. The lowest BCUT2D eigenvalue weighted by atomic mass is 10.3. The molecule has 0 aromatic heterocycles. The molecule has 0 radical (unpaired) electrons. The van der Waals surface area contributed by atoms with Gasteiger partial charge < -0.3 is 18.0 Å². The van der Waals surface area contributed by atoms with Gasteiger partial charge in [0.25, 0.3) is 5.97 Å². The lowest BCUT2D eigenvalue weighted by molar-refractivity contribution is -0.559. The van der Waals surface area contributed by atoms with Crippen molar-refractivity contribution in [2.75, 3.05) is 21.0 Å². The Balaban J connectivity index is 2.44. The summed E-state index contributed by atoms with van der Waals surface area (Å²) in [7, 11) is 0.563. The van der Waals surface area contributed by atoms with Crippen molar-refractivity contribution in [3.05, 3.63) is 0 Å². The van der Waals surface area contributed by atoms with E-state index in [1.807, 2.05) is 20.8 Å². The summed E-state index contributed by atoms with van der Waals surface area (Å²) in [6, 6.07) is 0.740. The van der Waals surface area contributed by atoms with Gasteiger partial charge in [-0.05, 0) is 12.8 Å². The van der Waals surface area contributed by atoms with Crippen molar-refractivity contribution in [1.82, 2.24) is 0 Å². The van der Waals surface area contributed by atoms with Gasteiger partial charge in [-0.25, -0.2) is 0 Å². The van der Waals surface area contributed by atoms with Gasteiger partial charge in [-0.1, -0.05) is 34.1 Å². The molecule has 0 bridgehead atoms. The Morgan fingerprint density at radius 3 is 2.17 bits per heavy atom. The van der Waals surface area contributed by atoms with E-state index in [9.17, 15) is 0 Å². The SMILES string of the molecule is CCC[Si](OC)(OC)OCOC(CC)OC1(CC)OC(CC)O1. The molecule has 0 aromatic rings. The van der Waals surface area contributed by atoms with Crippen molar-refractivity contribution in [2.45, 2.75) is 78.0 Å². The Bertz CT molecular complexity index is 319. The van der Waals surface area contributed by atoms with Crippen LogP contribution in [-0.2, 0) is 32.2 Å². The number of ether oxygens (including phenoxy) is 4. The first-order valence-electron chi connectivity index (χ1n) is 8.41. The summed E-state index contributed by atoms with van der Waals surface area (Å²) in [5.74, 6) is -0.998. The minimum atomic E-state index is -2.64. The fourth-order valence-electron chi connectivity index (χ4n) is 2.30. The van der Waals surface area contributed by atoms with E-state index in [1.54, 1.807) is 14.2 Å². The molecule has 0 spiro atoms. The highest BCUT2D eigenvalue weighted by Crippen LogP contribution is 2.36. The lowest BCUT2D eigenvalue weighted by Crippen LogP contribution is -2.56. The highest BCUT2D eigenvalue weighted by Gasteiger charge is 2.48. The van der Waals surface area contributed by atoms with Gasteiger partial charge in [0, 0.05) is 26.7 Å². The van der Waals surface area contributed by atoms with E-state index in [1.165, 1.54) is 0 Å². The Morgan fingerprint density at radius 2 is 1.74 bits per heavy atom. The van der Waals surface area contributed by atoms with Gasteiger partial charge >= 0.3 is 8.80 Å². The molecule has 1 heterocycles. The second-order valence-corrected chi connectivity index (χ2v) is 8.31. The second-order valence-electron chi connectivity index (χ2n) is 5.34. The second kappa shape index (κ2) is 10.0. The van der Waals surface area contributed by atoms with E-state index in [2.05, 4.69) is 6.92 Å². The van der Waals surface area contributed by atoms with Crippen molar-refractivity contribution in [3.8, 4) is 0 Å². The highest BCUT2D eigenvalue weighted by atomic mass is 28.4. The number of hydrogen-bond acceptors (Lipinski definition) is 7. The topological polar surface area (TPSA) is 64.6 Å². The van der Waals surface area contributed by atoms with Crippen LogP contribution in [0.4, 0.5) is 0 Å². The van der Waals surface area contributed by atoms with E-state index in [0.29, 0.717) is 12.8 Å². The van der Waals surface area contributed by atoms with E-state index >= 15 is 0 Å². The van der Waals surface area contributed by atoms with E-state index in [0.717, 1.165) is 18.9 Å². The zero-order chi connectivity index (χ0) is 17.3. The number of rotatable bonds is 13. The molecule has 1 fully saturated rings. The van der Waals surface area contributed by atoms with E-state index < -0.39 is 21.1 Å². The van der Waals surface area contributed by atoms with Crippen molar-refractivity contribution in [2.24, 2.45) is 0 Å². The molecule has 23 heavy (non-hydrogen) atoms. The molecule has 1 rings (SSSR count). The van der Waals surface area contributed by atoms with Gasteiger partial charge in [0.1, 0.15) is 6.79 Å². The van der Waals surface area contributed by atoms with Crippen LogP contribution in [0.3, 0.4) is 0 Å². The monoisotopic (exact) mass is 352 g/mol. The van der Waals surface area contributed by atoms with Gasteiger partial charge in [-0.2, -0.15) is 0 Å². The summed E-state index contributed by atoms with van der Waals surface area (Å²) in [5, 5.41) is 0. The molecule has 0 aliphatic carbocycles. The van der Waals surface area contributed by atoms with Crippen LogP contribution >= 0.6 is 0 Å². The molecular formula is C15H32O7Si. The Kier molecular flexibility index (Phi) is 9.17. The summed E-state index contributed by atoms with van der Waals surface area (Å²) in [6.07, 6.45) is 2.27. The largest absolute Gasteiger partial charge is 0.502 e. The van der Waals surface area contributed by atoms with E-state index in [4.69, 9.17) is 32.2 Å². The summed E-state index contributed by atoms with van der Waals surface area (Å²) in [4.78, 5) is 0. The van der Waals surface area contributed by atoms with Gasteiger partial charge in [-0.3, -0.25) is 14.2 Å². The van der Waals surface area contributed by atoms with Crippen LogP contribution in [0.2, 0.25) is 6.04 Å². The van der Waals surface area contributed by atoms with Crippen LogP contribution in [0.5, 0.6) is 0 Å². The first-order chi connectivity index (χ1) is 11.0. The van der Waals surface area contributed by atoms with Crippen LogP contribution < -0.4 is 0 Å². The zero-order valence-electron chi connectivity index (χ0n) is 15.3. The van der Waals surface area contributed by atoms with Crippen LogP contribution in [0, 0.1) is 0 Å². The molecule has 1 atom stereocenters. The van der Waals surface area contributed by atoms with Crippen molar-refractivity contribution < 1.29 is 32.2 Å². The average Bonchev–Trinajstić information content (AvgIpc) is 2.55. The first-order valence-corrected chi connectivity index (χ1v) is 10.3. The first kappa shape index (κ1) is 21.0. The third-order valence-electron chi connectivity index (χ3n) is 3.74. The molecule has 1 saturated heterocycles. The standard InChI is InChI=1S/C15H32O7Si/c1-7-11-23(16-5,17-6)19-12-18-13(8-2)20-15(10-4)21-14(9-3)22-15/h13-14H,7-12H2,1-6H3. The molecule has 1 aliphatic rings. The molecule has 0 aromatic carbocycles. The summed E-state index contributed by atoms with van der Waals surface area (Å²) < 4.78 is 39.5. The van der Waals surface area contributed by atoms with Crippen molar-refractivity contribution >= 4 is 8.80 Å². The molecule has 0 saturated carbocycles. The summed E-state index contributed by atoms with van der Waals surface area (Å²) in [6.45, 7) is 8.02. The molecule has 0 amide bonds. The van der Waals surface area contributed by atoms with Crippen LogP contribution in [0.1, 0.15) is 53.4 Å². The smallest absolute Gasteiger partial charge is 0.377 e. The molecule has 138 valence electrons. The fourth-order valence-corrected chi connectivity index (χ4v) is 4.12. The Labute approximate surface area is 140 Å². The zero-order valence-corrected chi connectivity index (χ0v) is 16.3. The van der Waals surface area contributed by atoms with Crippen molar-refractivity contribution in [1.29, 1.82) is 0 Å². The normalized spacial score (nSPS) is 26.1. The molecule has 7 nitrogen and oxygen atoms in total. The van der Waals surface area contributed by atoms with Crippen LogP contribution in [-0.4, -0.2) is 48.4 Å². The third kappa shape index (κ3) is 5.75. The molecule has 1 aliphatic heterocycles. The maximum Gasteiger partial charge on any atom is 0.502 e. The summed E-state index contributed by atoms with van der Waals surface area (Å²) >= 11 is 0. The van der Waals surface area contributed by atoms with E-state index in [-0.39, 0.29) is 13.1 Å². The minimum Gasteiger partial charge on any atom is -0.377 e. The van der Waals surface area contributed by atoms with Gasteiger partial charge in [0.2, 0.25) is 0 Å². The lowest BCUT2D eigenvalue weighted by Gasteiger charge is -2.47. The predicted molar refractivity (Wildman–Crippen MR) is 86.3 cm³/mol. The Hall–Kier alpha value is -0.0631.